The van der Waals surface area contributed by atoms with Gasteiger partial charge in [-0.1, -0.05) is 12.1 Å². The van der Waals surface area contributed by atoms with Crippen molar-refractivity contribution in [3.63, 3.8) is 0 Å². The van der Waals surface area contributed by atoms with Crippen LogP contribution in [0.5, 0.6) is 11.5 Å². The second kappa shape index (κ2) is 8.86. The molecule has 31 heavy (non-hydrogen) atoms. The Kier molecular flexibility index (Phi) is 6.42. The minimum atomic E-state index is -3.92. The largest absolute Gasteiger partial charge is 0.493 e. The van der Waals surface area contributed by atoms with Gasteiger partial charge in [-0.25, -0.2) is 16.8 Å². The van der Waals surface area contributed by atoms with Gasteiger partial charge in [0.15, 0.2) is 11.5 Å². The van der Waals surface area contributed by atoms with Gasteiger partial charge in [0.05, 0.1) is 24.0 Å². The molecule has 164 valence electrons. The monoisotopic (exact) mass is 462 g/mol. The third-order valence-corrected chi connectivity index (χ3v) is 7.13. The highest BCUT2D eigenvalue weighted by Gasteiger charge is 2.19. The molecule has 0 aliphatic carbocycles. The van der Waals surface area contributed by atoms with Gasteiger partial charge in [-0.3, -0.25) is 9.44 Å². The van der Waals surface area contributed by atoms with Crippen molar-refractivity contribution >= 4 is 31.4 Å². The Balaban J connectivity index is 1.80. The molecule has 0 heterocycles. The summed E-state index contributed by atoms with van der Waals surface area (Å²) in [6.07, 6.45) is 0. The zero-order valence-electron chi connectivity index (χ0n) is 17.1. The maximum absolute atomic E-state index is 12.7. The SMILES string of the molecule is COc1ccc(S(=O)(=O)Nc2ccc(S(=O)(=O)Nc3cccc(C)c3)cc2)cc1OC. The van der Waals surface area contributed by atoms with Crippen molar-refractivity contribution in [2.24, 2.45) is 0 Å². The van der Waals surface area contributed by atoms with Crippen LogP contribution in [0.3, 0.4) is 0 Å². The Morgan fingerprint density at radius 1 is 0.645 bits per heavy atom. The number of aryl methyl sites for hydroxylation is 1. The van der Waals surface area contributed by atoms with E-state index in [2.05, 4.69) is 9.44 Å². The Morgan fingerprint density at radius 2 is 1.23 bits per heavy atom. The number of sulfonamides is 2. The smallest absolute Gasteiger partial charge is 0.262 e. The Bertz CT molecular complexity index is 1290. The van der Waals surface area contributed by atoms with Gasteiger partial charge in [0.1, 0.15) is 0 Å². The molecule has 0 saturated heterocycles. The Labute approximate surface area is 181 Å². The van der Waals surface area contributed by atoms with Crippen LogP contribution in [0.15, 0.2) is 76.5 Å². The summed E-state index contributed by atoms with van der Waals surface area (Å²) in [6.45, 7) is 1.86. The summed E-state index contributed by atoms with van der Waals surface area (Å²) in [6, 6.07) is 16.6. The van der Waals surface area contributed by atoms with Gasteiger partial charge in [-0.2, -0.15) is 0 Å². The molecule has 0 fully saturated rings. The average Bonchev–Trinajstić information content (AvgIpc) is 2.73. The number of rotatable bonds is 8. The fourth-order valence-electron chi connectivity index (χ4n) is 2.82. The predicted molar refractivity (Wildman–Crippen MR) is 119 cm³/mol. The second-order valence-corrected chi connectivity index (χ2v) is 9.99. The molecule has 0 aliphatic heterocycles. The number of nitrogens with one attached hydrogen (secondary N) is 2. The molecule has 0 radical (unpaired) electrons. The number of methoxy groups -OCH3 is 2. The summed E-state index contributed by atoms with van der Waals surface area (Å²) in [4.78, 5) is -0.0222. The molecule has 0 bridgehead atoms. The van der Waals surface area contributed by atoms with E-state index in [0.29, 0.717) is 11.4 Å². The standard InChI is InChI=1S/C21H22N2O6S2/c1-15-5-4-6-17(13-15)23-30(24,25)18-9-7-16(8-10-18)22-31(26,27)19-11-12-20(28-2)21(14-19)29-3/h4-14,22-23H,1-3H3. The van der Waals surface area contributed by atoms with Crippen molar-refractivity contribution in [3.05, 3.63) is 72.3 Å². The molecular weight excluding hydrogens is 440 g/mol. The second-order valence-electron chi connectivity index (χ2n) is 6.62. The van der Waals surface area contributed by atoms with Gasteiger partial charge in [-0.05, 0) is 61.0 Å². The minimum absolute atomic E-state index is 0.00284. The van der Waals surface area contributed by atoms with E-state index in [-0.39, 0.29) is 21.2 Å². The van der Waals surface area contributed by atoms with Crippen LogP contribution in [0, 0.1) is 6.92 Å². The van der Waals surface area contributed by atoms with Gasteiger partial charge >= 0.3 is 0 Å². The fourth-order valence-corrected chi connectivity index (χ4v) is 4.95. The molecule has 3 rings (SSSR count). The molecule has 2 N–H and O–H groups in total. The molecule has 0 aromatic heterocycles. The number of hydrogen-bond acceptors (Lipinski definition) is 6. The lowest BCUT2D eigenvalue weighted by atomic mass is 10.2. The third-order valence-electron chi connectivity index (χ3n) is 4.35. The van der Waals surface area contributed by atoms with Crippen LogP contribution in [-0.4, -0.2) is 31.1 Å². The highest BCUT2D eigenvalue weighted by atomic mass is 32.2. The van der Waals surface area contributed by atoms with E-state index in [1.54, 1.807) is 18.2 Å². The maximum atomic E-state index is 12.7. The molecule has 10 heteroatoms. The van der Waals surface area contributed by atoms with Gasteiger partial charge in [0, 0.05) is 17.4 Å². The van der Waals surface area contributed by atoms with E-state index in [1.807, 2.05) is 13.0 Å². The Hall–Kier alpha value is -3.24. The van der Waals surface area contributed by atoms with Gasteiger partial charge in [-0.15, -0.1) is 0 Å². The molecular formula is C21H22N2O6S2. The lowest BCUT2D eigenvalue weighted by Gasteiger charge is -2.12. The molecule has 0 amide bonds. The minimum Gasteiger partial charge on any atom is -0.493 e. The lowest BCUT2D eigenvalue weighted by molar-refractivity contribution is 0.354. The summed E-state index contributed by atoms with van der Waals surface area (Å²) in [5.74, 6) is 0.672. The van der Waals surface area contributed by atoms with Crippen LogP contribution in [0.1, 0.15) is 5.56 Å². The van der Waals surface area contributed by atoms with Crippen LogP contribution in [0.25, 0.3) is 0 Å². The van der Waals surface area contributed by atoms with Crippen LogP contribution in [-0.2, 0) is 20.0 Å². The first kappa shape index (κ1) is 22.4. The summed E-state index contributed by atoms with van der Waals surface area (Å²) >= 11 is 0. The average molecular weight is 463 g/mol. The number of anilines is 2. The zero-order chi connectivity index (χ0) is 22.6. The highest BCUT2D eigenvalue weighted by Crippen LogP contribution is 2.30. The number of benzene rings is 3. The maximum Gasteiger partial charge on any atom is 0.262 e. The van der Waals surface area contributed by atoms with Gasteiger partial charge < -0.3 is 9.47 Å². The van der Waals surface area contributed by atoms with E-state index in [0.717, 1.165) is 5.56 Å². The lowest BCUT2D eigenvalue weighted by Crippen LogP contribution is -2.15. The summed E-state index contributed by atoms with van der Waals surface area (Å²) in [5, 5.41) is 0. The van der Waals surface area contributed by atoms with Gasteiger partial charge in [0.2, 0.25) is 0 Å². The highest BCUT2D eigenvalue weighted by molar-refractivity contribution is 7.93. The summed E-state index contributed by atoms with van der Waals surface area (Å²) in [5.41, 5.74) is 1.57. The summed E-state index contributed by atoms with van der Waals surface area (Å²) < 4.78 is 65.7. The number of ether oxygens (including phenoxy) is 2. The molecule has 0 spiro atoms. The molecule has 0 unspecified atom stereocenters. The first-order valence-corrected chi connectivity index (χ1v) is 12.1. The first-order chi connectivity index (χ1) is 14.6. The molecule has 3 aromatic rings. The van der Waals surface area contributed by atoms with Crippen LogP contribution < -0.4 is 18.9 Å². The molecule has 0 saturated carbocycles. The van der Waals surface area contributed by atoms with Crippen molar-refractivity contribution < 1.29 is 26.3 Å². The third kappa shape index (κ3) is 5.28. The van der Waals surface area contributed by atoms with Crippen LogP contribution in [0.2, 0.25) is 0 Å². The normalized spacial score (nSPS) is 11.6. The Morgan fingerprint density at radius 3 is 1.84 bits per heavy atom. The van der Waals surface area contributed by atoms with Crippen LogP contribution >= 0.6 is 0 Å². The van der Waals surface area contributed by atoms with E-state index in [9.17, 15) is 16.8 Å². The van der Waals surface area contributed by atoms with Crippen molar-refractivity contribution in [1.82, 2.24) is 0 Å². The molecule has 8 nitrogen and oxygen atoms in total. The molecule has 3 aromatic carbocycles. The van der Waals surface area contributed by atoms with Crippen molar-refractivity contribution in [1.29, 1.82) is 0 Å². The summed E-state index contributed by atoms with van der Waals surface area (Å²) in [7, 11) is -4.88. The van der Waals surface area contributed by atoms with Crippen LogP contribution in [0.4, 0.5) is 11.4 Å². The van der Waals surface area contributed by atoms with Crippen molar-refractivity contribution in [2.45, 2.75) is 16.7 Å². The quantitative estimate of drug-likeness (QED) is 0.529. The van der Waals surface area contributed by atoms with Crippen molar-refractivity contribution in [2.75, 3.05) is 23.7 Å². The van der Waals surface area contributed by atoms with Crippen molar-refractivity contribution in [3.8, 4) is 11.5 Å². The van der Waals surface area contributed by atoms with E-state index in [1.165, 1.54) is 56.7 Å². The van der Waals surface area contributed by atoms with E-state index < -0.39 is 20.0 Å². The topological polar surface area (TPSA) is 111 Å². The molecule has 0 aliphatic rings. The number of hydrogen-bond donors (Lipinski definition) is 2. The zero-order valence-corrected chi connectivity index (χ0v) is 18.7. The first-order valence-electron chi connectivity index (χ1n) is 9.09. The predicted octanol–water partition coefficient (Wildman–Crippen LogP) is 3.61. The van der Waals surface area contributed by atoms with E-state index in [4.69, 9.17) is 9.47 Å². The van der Waals surface area contributed by atoms with E-state index >= 15 is 0 Å². The fraction of sp³-hybridized carbons (Fsp3) is 0.143. The van der Waals surface area contributed by atoms with Gasteiger partial charge in [0.25, 0.3) is 20.0 Å². The molecule has 0 atom stereocenters.